The predicted octanol–water partition coefficient (Wildman–Crippen LogP) is 2.27. The molecule has 1 N–H and O–H groups in total. The second-order valence-electron chi connectivity index (χ2n) is 4.50. The van der Waals surface area contributed by atoms with Gasteiger partial charge in [-0.25, -0.2) is 0 Å². The van der Waals surface area contributed by atoms with Crippen molar-refractivity contribution in [2.45, 2.75) is 51.8 Å². The van der Waals surface area contributed by atoms with E-state index in [0.29, 0.717) is 12.1 Å². The van der Waals surface area contributed by atoms with Crippen LogP contribution < -0.4 is 5.32 Å². The highest BCUT2D eigenvalue weighted by Crippen LogP contribution is 2.18. The number of rotatable bonds is 5. The summed E-state index contributed by atoms with van der Waals surface area (Å²) in [5.74, 6) is 0. The third kappa shape index (κ3) is 2.98. The Kier molecular flexibility index (Phi) is 3.83. The lowest BCUT2D eigenvalue weighted by Gasteiger charge is -2.17. The van der Waals surface area contributed by atoms with Gasteiger partial charge < -0.3 is 10.1 Å². The van der Waals surface area contributed by atoms with Gasteiger partial charge in [0.1, 0.15) is 0 Å². The van der Waals surface area contributed by atoms with Gasteiger partial charge in [0.2, 0.25) is 0 Å². The molecule has 0 bridgehead atoms. The molecule has 2 unspecified atom stereocenters. The maximum atomic E-state index is 5.63. The zero-order chi connectivity index (χ0) is 11.4. The fourth-order valence-electron chi connectivity index (χ4n) is 2.18. The third-order valence-corrected chi connectivity index (χ3v) is 3.01. The summed E-state index contributed by atoms with van der Waals surface area (Å²) >= 11 is 0. The van der Waals surface area contributed by atoms with Crippen LogP contribution in [0.2, 0.25) is 0 Å². The first-order valence-electron chi connectivity index (χ1n) is 6.18. The lowest BCUT2D eigenvalue weighted by molar-refractivity contribution is 0.101. The van der Waals surface area contributed by atoms with E-state index in [1.807, 2.05) is 17.1 Å². The minimum atomic E-state index is 0.442. The average molecular weight is 223 g/mol. The zero-order valence-electron chi connectivity index (χ0n) is 10.1. The highest BCUT2D eigenvalue weighted by molar-refractivity contribution is 5.39. The first-order valence-corrected chi connectivity index (χ1v) is 6.18. The van der Waals surface area contributed by atoms with Gasteiger partial charge in [0.15, 0.2) is 0 Å². The van der Waals surface area contributed by atoms with Crippen LogP contribution in [-0.2, 0) is 11.3 Å². The van der Waals surface area contributed by atoms with Gasteiger partial charge in [-0.05, 0) is 33.1 Å². The Hall–Kier alpha value is -1.03. The number of anilines is 1. The van der Waals surface area contributed by atoms with E-state index in [9.17, 15) is 0 Å². The van der Waals surface area contributed by atoms with Crippen molar-refractivity contribution in [3.8, 4) is 0 Å². The molecule has 1 saturated heterocycles. The zero-order valence-corrected chi connectivity index (χ0v) is 10.1. The van der Waals surface area contributed by atoms with Crippen molar-refractivity contribution in [3.05, 3.63) is 12.4 Å². The number of hydrogen-bond donors (Lipinski definition) is 1. The normalized spacial score (nSPS) is 22.2. The maximum Gasteiger partial charge on any atom is 0.0728 e. The Bertz CT molecular complexity index is 318. The number of aromatic nitrogens is 2. The summed E-state index contributed by atoms with van der Waals surface area (Å²) in [7, 11) is 0. The summed E-state index contributed by atoms with van der Waals surface area (Å²) in [5, 5.41) is 7.70. The fourth-order valence-corrected chi connectivity index (χ4v) is 2.18. The van der Waals surface area contributed by atoms with E-state index >= 15 is 0 Å². The van der Waals surface area contributed by atoms with Gasteiger partial charge in [0.05, 0.1) is 18.0 Å². The molecule has 90 valence electrons. The molecule has 1 aromatic rings. The van der Waals surface area contributed by atoms with E-state index < -0.39 is 0 Å². The van der Waals surface area contributed by atoms with E-state index in [2.05, 4.69) is 24.3 Å². The van der Waals surface area contributed by atoms with Crippen molar-refractivity contribution in [2.75, 3.05) is 11.9 Å². The topological polar surface area (TPSA) is 39.1 Å². The van der Waals surface area contributed by atoms with Crippen LogP contribution in [0.25, 0.3) is 0 Å². The Morgan fingerprint density at radius 2 is 2.56 bits per heavy atom. The van der Waals surface area contributed by atoms with Crippen LogP contribution in [0.3, 0.4) is 0 Å². The molecule has 1 aromatic heterocycles. The summed E-state index contributed by atoms with van der Waals surface area (Å²) in [4.78, 5) is 0. The SMILES string of the molecule is CCn1cc(NC(C)CC2CCCO2)cn1. The van der Waals surface area contributed by atoms with Crippen LogP contribution in [0.5, 0.6) is 0 Å². The Balaban J connectivity index is 1.79. The Morgan fingerprint density at radius 1 is 1.69 bits per heavy atom. The minimum absolute atomic E-state index is 0.442. The molecule has 0 spiro atoms. The molecule has 0 aliphatic carbocycles. The van der Waals surface area contributed by atoms with E-state index in [1.165, 1.54) is 12.8 Å². The van der Waals surface area contributed by atoms with Crippen LogP contribution in [-0.4, -0.2) is 28.5 Å². The molecule has 0 aromatic carbocycles. The van der Waals surface area contributed by atoms with Gasteiger partial charge in [0, 0.05) is 25.4 Å². The first-order chi connectivity index (χ1) is 7.78. The van der Waals surface area contributed by atoms with Crippen molar-refractivity contribution >= 4 is 5.69 Å². The van der Waals surface area contributed by atoms with Crippen LogP contribution in [0.4, 0.5) is 5.69 Å². The van der Waals surface area contributed by atoms with Crippen LogP contribution >= 0.6 is 0 Å². The van der Waals surface area contributed by atoms with Crippen molar-refractivity contribution in [3.63, 3.8) is 0 Å². The Morgan fingerprint density at radius 3 is 3.19 bits per heavy atom. The van der Waals surface area contributed by atoms with E-state index in [4.69, 9.17) is 4.74 Å². The smallest absolute Gasteiger partial charge is 0.0728 e. The lowest BCUT2D eigenvalue weighted by Crippen LogP contribution is -2.21. The second kappa shape index (κ2) is 5.34. The van der Waals surface area contributed by atoms with Crippen molar-refractivity contribution in [1.29, 1.82) is 0 Å². The van der Waals surface area contributed by atoms with Crippen LogP contribution in [0.1, 0.15) is 33.1 Å². The van der Waals surface area contributed by atoms with Crippen molar-refractivity contribution in [1.82, 2.24) is 9.78 Å². The molecular weight excluding hydrogens is 202 g/mol. The van der Waals surface area contributed by atoms with Crippen LogP contribution in [0, 0.1) is 0 Å². The molecule has 2 rings (SSSR count). The number of hydrogen-bond acceptors (Lipinski definition) is 3. The number of nitrogens with zero attached hydrogens (tertiary/aromatic N) is 2. The molecule has 16 heavy (non-hydrogen) atoms. The molecule has 1 fully saturated rings. The van der Waals surface area contributed by atoms with Crippen LogP contribution in [0.15, 0.2) is 12.4 Å². The molecule has 4 heteroatoms. The van der Waals surface area contributed by atoms with Gasteiger partial charge in [-0.2, -0.15) is 5.10 Å². The largest absolute Gasteiger partial charge is 0.380 e. The number of ether oxygens (including phenoxy) is 1. The number of nitrogens with one attached hydrogen (secondary N) is 1. The maximum absolute atomic E-state index is 5.63. The van der Waals surface area contributed by atoms with Gasteiger partial charge in [-0.15, -0.1) is 0 Å². The highest BCUT2D eigenvalue weighted by Gasteiger charge is 2.18. The first kappa shape index (κ1) is 11.5. The monoisotopic (exact) mass is 223 g/mol. The molecule has 2 heterocycles. The van der Waals surface area contributed by atoms with E-state index in [1.54, 1.807) is 0 Å². The van der Waals surface area contributed by atoms with Gasteiger partial charge in [-0.1, -0.05) is 0 Å². The molecule has 0 radical (unpaired) electrons. The molecule has 4 nitrogen and oxygen atoms in total. The summed E-state index contributed by atoms with van der Waals surface area (Å²) in [6.45, 7) is 6.14. The third-order valence-electron chi connectivity index (χ3n) is 3.01. The number of aryl methyl sites for hydroxylation is 1. The summed E-state index contributed by atoms with van der Waals surface area (Å²) in [6, 6.07) is 0.442. The quantitative estimate of drug-likeness (QED) is 0.832. The molecular formula is C12H21N3O. The standard InChI is InChI=1S/C12H21N3O/c1-3-15-9-11(8-13-15)14-10(2)7-12-5-4-6-16-12/h8-10,12,14H,3-7H2,1-2H3. The summed E-state index contributed by atoms with van der Waals surface area (Å²) in [5.41, 5.74) is 1.10. The molecule has 1 aliphatic heterocycles. The van der Waals surface area contributed by atoms with Gasteiger partial charge >= 0.3 is 0 Å². The summed E-state index contributed by atoms with van der Waals surface area (Å²) in [6.07, 6.45) is 7.88. The highest BCUT2D eigenvalue weighted by atomic mass is 16.5. The van der Waals surface area contributed by atoms with Gasteiger partial charge in [-0.3, -0.25) is 4.68 Å². The lowest BCUT2D eigenvalue weighted by atomic mass is 10.1. The second-order valence-corrected chi connectivity index (χ2v) is 4.50. The van der Waals surface area contributed by atoms with E-state index in [0.717, 1.165) is 25.3 Å². The fraction of sp³-hybridized carbons (Fsp3) is 0.750. The van der Waals surface area contributed by atoms with Crippen molar-refractivity contribution in [2.24, 2.45) is 0 Å². The molecule has 1 aliphatic rings. The predicted molar refractivity (Wildman–Crippen MR) is 64.6 cm³/mol. The summed E-state index contributed by atoms with van der Waals surface area (Å²) < 4.78 is 7.56. The van der Waals surface area contributed by atoms with Crippen molar-refractivity contribution < 1.29 is 4.74 Å². The van der Waals surface area contributed by atoms with Gasteiger partial charge in [0.25, 0.3) is 0 Å². The minimum Gasteiger partial charge on any atom is -0.380 e. The average Bonchev–Trinajstić information content (AvgIpc) is 2.89. The molecule has 2 atom stereocenters. The van der Waals surface area contributed by atoms with E-state index in [-0.39, 0.29) is 0 Å². The molecule has 0 saturated carbocycles. The Labute approximate surface area is 97.0 Å². The molecule has 0 amide bonds.